The molecule has 1 N–H and O–H groups in total. The monoisotopic (exact) mass is 279 g/mol. The van der Waals surface area contributed by atoms with Gasteiger partial charge in [0.25, 0.3) is 0 Å². The second-order valence-electron chi connectivity index (χ2n) is 6.25. The average Bonchev–Trinajstić information content (AvgIpc) is 2.95. The van der Waals surface area contributed by atoms with Gasteiger partial charge in [-0.1, -0.05) is 19.8 Å². The molecule has 0 atom stereocenters. The number of nitrogens with one attached hydrogen (secondary N) is 1. The Morgan fingerprint density at radius 1 is 1.21 bits per heavy atom. The molecule has 2 heteroatoms. The van der Waals surface area contributed by atoms with Gasteiger partial charge in [-0.15, -0.1) is 11.3 Å². The van der Waals surface area contributed by atoms with E-state index in [1.165, 1.54) is 61.2 Å². The van der Waals surface area contributed by atoms with Crippen LogP contribution in [-0.4, -0.2) is 13.1 Å². The fourth-order valence-electron chi connectivity index (χ4n) is 3.61. The van der Waals surface area contributed by atoms with Crippen molar-refractivity contribution in [3.8, 4) is 0 Å². The Balaban J connectivity index is 1.91. The molecule has 0 unspecified atom stereocenters. The summed E-state index contributed by atoms with van der Waals surface area (Å²) in [5.74, 6) is 0. The minimum absolute atomic E-state index is 0.643. The molecule has 0 aliphatic heterocycles. The van der Waals surface area contributed by atoms with Crippen molar-refractivity contribution in [1.82, 2.24) is 5.32 Å². The summed E-state index contributed by atoms with van der Waals surface area (Å²) >= 11 is 1.96. The highest BCUT2D eigenvalue weighted by Crippen LogP contribution is 2.44. The van der Waals surface area contributed by atoms with Crippen LogP contribution in [-0.2, 0) is 6.42 Å². The molecule has 1 saturated carbocycles. The minimum atomic E-state index is 0.643. The van der Waals surface area contributed by atoms with Gasteiger partial charge in [-0.05, 0) is 76.1 Å². The minimum Gasteiger partial charge on any atom is -0.317 e. The first-order chi connectivity index (χ1) is 9.15. The summed E-state index contributed by atoms with van der Waals surface area (Å²) in [6.07, 6.45) is 9.89. The molecule has 0 amide bonds. The van der Waals surface area contributed by atoms with Gasteiger partial charge in [-0.3, -0.25) is 0 Å². The van der Waals surface area contributed by atoms with E-state index in [2.05, 4.69) is 32.2 Å². The number of hydrogen-bond donors (Lipinski definition) is 1. The standard InChI is InChI=1S/C17H29NS/c1-4-18-12-11-17(8-5-6-9-17)10-7-16-13-14(2)19-15(16)3/h13,18H,4-12H2,1-3H3. The molecule has 2 rings (SSSR count). The quantitative estimate of drug-likeness (QED) is 0.703. The van der Waals surface area contributed by atoms with Crippen molar-refractivity contribution in [1.29, 1.82) is 0 Å². The Bertz CT molecular complexity index is 388. The Morgan fingerprint density at radius 2 is 1.95 bits per heavy atom. The Morgan fingerprint density at radius 3 is 2.53 bits per heavy atom. The van der Waals surface area contributed by atoms with Gasteiger partial charge in [-0.25, -0.2) is 0 Å². The van der Waals surface area contributed by atoms with Gasteiger partial charge >= 0.3 is 0 Å². The molecule has 1 fully saturated rings. The van der Waals surface area contributed by atoms with Crippen LogP contribution in [0.1, 0.15) is 60.8 Å². The van der Waals surface area contributed by atoms with Crippen LogP contribution >= 0.6 is 11.3 Å². The Hall–Kier alpha value is -0.340. The maximum atomic E-state index is 3.52. The van der Waals surface area contributed by atoms with Crippen molar-refractivity contribution in [3.63, 3.8) is 0 Å². The predicted molar refractivity (Wildman–Crippen MR) is 86.2 cm³/mol. The van der Waals surface area contributed by atoms with Gasteiger partial charge in [0.05, 0.1) is 0 Å². The summed E-state index contributed by atoms with van der Waals surface area (Å²) < 4.78 is 0. The van der Waals surface area contributed by atoms with Crippen LogP contribution in [0.5, 0.6) is 0 Å². The van der Waals surface area contributed by atoms with Gasteiger partial charge in [-0.2, -0.15) is 0 Å². The van der Waals surface area contributed by atoms with E-state index < -0.39 is 0 Å². The molecular weight excluding hydrogens is 250 g/mol. The average molecular weight is 279 g/mol. The molecule has 19 heavy (non-hydrogen) atoms. The van der Waals surface area contributed by atoms with E-state index in [9.17, 15) is 0 Å². The number of thiophene rings is 1. The first kappa shape index (κ1) is 15.1. The highest BCUT2D eigenvalue weighted by Gasteiger charge is 2.32. The fourth-order valence-corrected chi connectivity index (χ4v) is 4.59. The van der Waals surface area contributed by atoms with E-state index in [-0.39, 0.29) is 0 Å². The third-order valence-electron chi connectivity index (χ3n) is 4.81. The van der Waals surface area contributed by atoms with Crippen LogP contribution in [0, 0.1) is 19.3 Å². The molecule has 1 nitrogen and oxygen atoms in total. The molecule has 1 aliphatic carbocycles. The Kier molecular flexibility index (Phi) is 5.47. The van der Waals surface area contributed by atoms with Crippen LogP contribution < -0.4 is 5.32 Å². The summed E-state index contributed by atoms with van der Waals surface area (Å²) in [6, 6.07) is 2.41. The van der Waals surface area contributed by atoms with E-state index in [1.54, 1.807) is 5.56 Å². The van der Waals surface area contributed by atoms with E-state index in [0.29, 0.717) is 5.41 Å². The predicted octanol–water partition coefficient (Wildman–Crippen LogP) is 4.86. The van der Waals surface area contributed by atoms with Crippen molar-refractivity contribution in [2.45, 2.75) is 65.7 Å². The van der Waals surface area contributed by atoms with E-state index in [1.807, 2.05) is 11.3 Å². The van der Waals surface area contributed by atoms with E-state index >= 15 is 0 Å². The molecule has 0 saturated heterocycles. The molecule has 0 radical (unpaired) electrons. The topological polar surface area (TPSA) is 12.0 Å². The summed E-state index contributed by atoms with van der Waals surface area (Å²) in [5, 5.41) is 3.52. The lowest BCUT2D eigenvalue weighted by molar-refractivity contribution is 0.246. The zero-order chi connectivity index (χ0) is 13.7. The first-order valence-electron chi connectivity index (χ1n) is 7.92. The molecule has 1 aliphatic rings. The molecule has 1 heterocycles. The van der Waals surface area contributed by atoms with E-state index in [0.717, 1.165) is 6.54 Å². The summed E-state index contributed by atoms with van der Waals surface area (Å²) in [7, 11) is 0. The third-order valence-corrected chi connectivity index (χ3v) is 5.82. The zero-order valence-corrected chi connectivity index (χ0v) is 13.7. The second kappa shape index (κ2) is 6.90. The zero-order valence-electron chi connectivity index (χ0n) is 12.8. The van der Waals surface area contributed by atoms with Crippen molar-refractivity contribution >= 4 is 11.3 Å². The van der Waals surface area contributed by atoms with Crippen LogP contribution in [0.3, 0.4) is 0 Å². The Labute approximate surface area is 122 Å². The second-order valence-corrected chi connectivity index (χ2v) is 7.71. The van der Waals surface area contributed by atoms with Gasteiger partial charge in [0.15, 0.2) is 0 Å². The number of hydrogen-bond acceptors (Lipinski definition) is 2. The van der Waals surface area contributed by atoms with Gasteiger partial charge in [0.1, 0.15) is 0 Å². The van der Waals surface area contributed by atoms with Crippen LogP contribution in [0.4, 0.5) is 0 Å². The summed E-state index contributed by atoms with van der Waals surface area (Å²) in [6.45, 7) is 9.04. The van der Waals surface area contributed by atoms with Gasteiger partial charge in [0.2, 0.25) is 0 Å². The maximum Gasteiger partial charge on any atom is 0.00490 e. The van der Waals surface area contributed by atoms with Crippen molar-refractivity contribution in [3.05, 3.63) is 21.4 Å². The highest BCUT2D eigenvalue weighted by atomic mass is 32.1. The lowest BCUT2D eigenvalue weighted by Gasteiger charge is -2.29. The molecule has 1 aromatic heterocycles. The lowest BCUT2D eigenvalue weighted by Crippen LogP contribution is -2.25. The number of aryl methyl sites for hydroxylation is 3. The maximum absolute atomic E-state index is 3.52. The van der Waals surface area contributed by atoms with Crippen molar-refractivity contribution in [2.24, 2.45) is 5.41 Å². The smallest absolute Gasteiger partial charge is 0.00490 e. The normalized spacial score (nSPS) is 18.1. The van der Waals surface area contributed by atoms with Crippen LogP contribution in [0.15, 0.2) is 6.07 Å². The molecule has 0 bridgehead atoms. The molecule has 108 valence electrons. The molecular formula is C17H29NS. The number of rotatable bonds is 7. The SMILES string of the molecule is CCNCCC1(CCc2cc(C)sc2C)CCCC1. The fraction of sp³-hybridized carbons (Fsp3) is 0.765. The first-order valence-corrected chi connectivity index (χ1v) is 8.73. The van der Waals surface area contributed by atoms with Crippen LogP contribution in [0.2, 0.25) is 0 Å². The van der Waals surface area contributed by atoms with Crippen molar-refractivity contribution < 1.29 is 0 Å². The summed E-state index contributed by atoms with van der Waals surface area (Å²) in [4.78, 5) is 3.01. The summed E-state index contributed by atoms with van der Waals surface area (Å²) in [5.41, 5.74) is 2.25. The van der Waals surface area contributed by atoms with Gasteiger partial charge < -0.3 is 5.32 Å². The van der Waals surface area contributed by atoms with Gasteiger partial charge in [0, 0.05) is 9.75 Å². The largest absolute Gasteiger partial charge is 0.317 e. The molecule has 0 spiro atoms. The lowest BCUT2D eigenvalue weighted by atomic mass is 9.77. The molecule has 0 aromatic carbocycles. The van der Waals surface area contributed by atoms with Crippen LogP contribution in [0.25, 0.3) is 0 Å². The molecule has 1 aromatic rings. The highest BCUT2D eigenvalue weighted by molar-refractivity contribution is 7.12. The van der Waals surface area contributed by atoms with E-state index in [4.69, 9.17) is 0 Å². The van der Waals surface area contributed by atoms with Crippen molar-refractivity contribution in [2.75, 3.05) is 13.1 Å². The third kappa shape index (κ3) is 4.06.